The van der Waals surface area contributed by atoms with Gasteiger partial charge < -0.3 is 15.5 Å². The second kappa shape index (κ2) is 6.86. The van der Waals surface area contributed by atoms with E-state index in [9.17, 15) is 4.79 Å². The van der Waals surface area contributed by atoms with E-state index < -0.39 is 0 Å². The Bertz CT molecular complexity index is 220. The van der Waals surface area contributed by atoms with Gasteiger partial charge in [-0.2, -0.15) is 0 Å². The molecular weight excluding hydrogens is 202 g/mol. The van der Waals surface area contributed by atoms with E-state index in [1.165, 1.54) is 6.42 Å². The summed E-state index contributed by atoms with van der Waals surface area (Å²) >= 11 is 0. The molecule has 1 aliphatic heterocycles. The number of hydrogen-bond donors (Lipinski definition) is 2. The number of nitrogens with one attached hydrogen (secondary N) is 2. The van der Waals surface area contributed by atoms with Crippen molar-refractivity contribution >= 4 is 5.91 Å². The predicted octanol–water partition coefficient (Wildman–Crippen LogP) is 0.442. The summed E-state index contributed by atoms with van der Waals surface area (Å²) in [6, 6.07) is 0.575. The molecule has 2 N–H and O–H groups in total. The van der Waals surface area contributed by atoms with Crippen molar-refractivity contribution < 1.29 is 4.79 Å². The smallest absolute Gasteiger partial charge is 0.221 e. The first-order chi connectivity index (χ1) is 7.63. The molecule has 0 radical (unpaired) electrons. The number of likely N-dealkylation sites (tertiary alicyclic amines) is 1. The van der Waals surface area contributed by atoms with E-state index in [4.69, 9.17) is 0 Å². The molecule has 1 heterocycles. The lowest BCUT2D eigenvalue weighted by Gasteiger charge is -2.35. The van der Waals surface area contributed by atoms with Gasteiger partial charge in [-0.25, -0.2) is 0 Å². The molecule has 1 fully saturated rings. The average Bonchev–Trinajstić information content (AvgIpc) is 2.22. The predicted molar refractivity (Wildman–Crippen MR) is 66.4 cm³/mol. The Labute approximate surface area is 98.8 Å². The van der Waals surface area contributed by atoms with Crippen LogP contribution in [0.2, 0.25) is 0 Å². The van der Waals surface area contributed by atoms with Gasteiger partial charge in [0.2, 0.25) is 5.91 Å². The molecule has 94 valence electrons. The normalized spacial score (nSPS) is 26.7. The van der Waals surface area contributed by atoms with E-state index in [0.29, 0.717) is 18.4 Å². The van der Waals surface area contributed by atoms with Crippen molar-refractivity contribution in [2.75, 3.05) is 33.2 Å². The zero-order chi connectivity index (χ0) is 12.0. The Morgan fingerprint density at radius 1 is 1.50 bits per heavy atom. The number of carbonyl (C=O) groups is 1. The lowest BCUT2D eigenvalue weighted by molar-refractivity contribution is -0.120. The monoisotopic (exact) mass is 227 g/mol. The average molecular weight is 227 g/mol. The topological polar surface area (TPSA) is 44.4 Å². The summed E-state index contributed by atoms with van der Waals surface area (Å²) in [4.78, 5) is 13.6. The third-order valence-electron chi connectivity index (χ3n) is 3.24. The van der Waals surface area contributed by atoms with Crippen molar-refractivity contribution in [1.29, 1.82) is 0 Å². The summed E-state index contributed by atoms with van der Waals surface area (Å²) in [7, 11) is 2.17. The number of hydrogen-bond acceptors (Lipinski definition) is 3. The van der Waals surface area contributed by atoms with Crippen LogP contribution in [0.1, 0.15) is 26.7 Å². The second-order valence-electron chi connectivity index (χ2n) is 4.79. The zero-order valence-corrected chi connectivity index (χ0v) is 10.8. The molecule has 4 nitrogen and oxygen atoms in total. The molecule has 0 aliphatic carbocycles. The van der Waals surface area contributed by atoms with Crippen LogP contribution in [0.5, 0.6) is 0 Å². The highest BCUT2D eigenvalue weighted by Crippen LogP contribution is 2.14. The van der Waals surface area contributed by atoms with Crippen molar-refractivity contribution in [3.63, 3.8) is 0 Å². The third-order valence-corrected chi connectivity index (χ3v) is 3.24. The van der Waals surface area contributed by atoms with E-state index in [1.54, 1.807) is 0 Å². The first-order valence-corrected chi connectivity index (χ1v) is 6.32. The lowest BCUT2D eigenvalue weighted by atomic mass is 9.94. The Morgan fingerprint density at radius 2 is 2.25 bits per heavy atom. The quantitative estimate of drug-likeness (QED) is 0.716. The van der Waals surface area contributed by atoms with E-state index in [0.717, 1.165) is 26.2 Å². The van der Waals surface area contributed by atoms with Gasteiger partial charge in [0.1, 0.15) is 0 Å². The molecule has 1 aliphatic rings. The highest BCUT2D eigenvalue weighted by atomic mass is 16.1. The SMILES string of the molecule is CCNC(=O)CCNC1CCN(C)CC1C. The molecule has 0 bridgehead atoms. The fourth-order valence-corrected chi connectivity index (χ4v) is 2.31. The molecule has 0 aromatic rings. The molecule has 0 aromatic heterocycles. The Balaban J connectivity index is 2.15. The van der Waals surface area contributed by atoms with Crippen molar-refractivity contribution in [3.8, 4) is 0 Å². The van der Waals surface area contributed by atoms with Gasteiger partial charge in [0.05, 0.1) is 0 Å². The Morgan fingerprint density at radius 3 is 2.88 bits per heavy atom. The molecule has 1 saturated heterocycles. The van der Waals surface area contributed by atoms with Crippen LogP contribution in [-0.2, 0) is 4.79 Å². The Hall–Kier alpha value is -0.610. The van der Waals surface area contributed by atoms with Gasteiger partial charge in [-0.1, -0.05) is 6.92 Å². The van der Waals surface area contributed by atoms with Crippen LogP contribution in [0.4, 0.5) is 0 Å². The maximum atomic E-state index is 11.3. The number of carbonyl (C=O) groups excluding carboxylic acids is 1. The van der Waals surface area contributed by atoms with E-state index in [2.05, 4.69) is 29.5 Å². The fraction of sp³-hybridized carbons (Fsp3) is 0.917. The molecule has 0 saturated carbocycles. The summed E-state index contributed by atoms with van der Waals surface area (Å²) in [6.07, 6.45) is 1.78. The van der Waals surface area contributed by atoms with Crippen molar-refractivity contribution in [2.24, 2.45) is 5.92 Å². The van der Waals surface area contributed by atoms with Gasteiger partial charge in [-0.05, 0) is 32.9 Å². The third kappa shape index (κ3) is 4.49. The standard InChI is InChI=1S/C12H25N3O/c1-4-13-12(16)5-7-14-11-6-8-15(3)9-10(11)2/h10-11,14H,4-9H2,1-3H3,(H,13,16). The molecule has 0 spiro atoms. The highest BCUT2D eigenvalue weighted by Gasteiger charge is 2.23. The second-order valence-corrected chi connectivity index (χ2v) is 4.79. The van der Waals surface area contributed by atoms with Crippen LogP contribution < -0.4 is 10.6 Å². The van der Waals surface area contributed by atoms with Gasteiger partial charge in [0, 0.05) is 32.1 Å². The van der Waals surface area contributed by atoms with Crippen molar-refractivity contribution in [2.45, 2.75) is 32.7 Å². The molecule has 1 amide bonds. The number of amides is 1. The van der Waals surface area contributed by atoms with Crippen molar-refractivity contribution in [1.82, 2.24) is 15.5 Å². The molecular formula is C12H25N3O. The zero-order valence-electron chi connectivity index (χ0n) is 10.8. The number of piperidine rings is 1. The van der Waals surface area contributed by atoms with Gasteiger partial charge in [-0.15, -0.1) is 0 Å². The minimum absolute atomic E-state index is 0.149. The van der Waals surface area contributed by atoms with E-state index in [1.807, 2.05) is 6.92 Å². The maximum absolute atomic E-state index is 11.3. The molecule has 16 heavy (non-hydrogen) atoms. The summed E-state index contributed by atoms with van der Waals surface area (Å²) in [5.41, 5.74) is 0. The van der Waals surface area contributed by atoms with Gasteiger partial charge in [-0.3, -0.25) is 4.79 Å². The summed E-state index contributed by atoms with van der Waals surface area (Å²) in [5.74, 6) is 0.823. The minimum atomic E-state index is 0.149. The van der Waals surface area contributed by atoms with Crippen LogP contribution in [0, 0.1) is 5.92 Å². The summed E-state index contributed by atoms with van der Waals surface area (Å²) < 4.78 is 0. The number of rotatable bonds is 5. The van der Waals surface area contributed by atoms with Gasteiger partial charge in [0.25, 0.3) is 0 Å². The van der Waals surface area contributed by atoms with Crippen LogP contribution in [0.15, 0.2) is 0 Å². The van der Waals surface area contributed by atoms with E-state index >= 15 is 0 Å². The molecule has 4 heteroatoms. The fourth-order valence-electron chi connectivity index (χ4n) is 2.31. The van der Waals surface area contributed by atoms with Crippen LogP contribution in [0.3, 0.4) is 0 Å². The highest BCUT2D eigenvalue weighted by molar-refractivity contribution is 5.75. The first-order valence-electron chi connectivity index (χ1n) is 6.32. The van der Waals surface area contributed by atoms with Crippen LogP contribution in [0.25, 0.3) is 0 Å². The van der Waals surface area contributed by atoms with Crippen LogP contribution >= 0.6 is 0 Å². The van der Waals surface area contributed by atoms with Crippen LogP contribution in [-0.4, -0.2) is 50.1 Å². The molecule has 1 rings (SSSR count). The molecule has 0 aromatic carbocycles. The largest absolute Gasteiger partial charge is 0.356 e. The minimum Gasteiger partial charge on any atom is -0.356 e. The van der Waals surface area contributed by atoms with E-state index in [-0.39, 0.29) is 5.91 Å². The summed E-state index contributed by atoms with van der Waals surface area (Å²) in [5, 5.41) is 6.31. The summed E-state index contributed by atoms with van der Waals surface area (Å²) in [6.45, 7) is 8.06. The Kier molecular flexibility index (Phi) is 5.77. The van der Waals surface area contributed by atoms with Gasteiger partial charge >= 0.3 is 0 Å². The lowest BCUT2D eigenvalue weighted by Crippen LogP contribution is -2.47. The number of nitrogens with zero attached hydrogens (tertiary/aromatic N) is 1. The first kappa shape index (κ1) is 13.5. The molecule has 2 atom stereocenters. The van der Waals surface area contributed by atoms with Gasteiger partial charge in [0.15, 0.2) is 0 Å². The maximum Gasteiger partial charge on any atom is 0.221 e. The molecule has 2 unspecified atom stereocenters. The van der Waals surface area contributed by atoms with Crippen molar-refractivity contribution in [3.05, 3.63) is 0 Å².